The average molecular weight is 320 g/mol. The molecule has 0 saturated carbocycles. The van der Waals surface area contributed by atoms with Gasteiger partial charge in [0.25, 0.3) is 0 Å². The van der Waals surface area contributed by atoms with Gasteiger partial charge in [0.15, 0.2) is 11.9 Å². The Balaban J connectivity index is -0.0000000393. The molecule has 9 nitrogen and oxygen atoms in total. The molecular weight excluding hydrogens is 318 g/mol. The van der Waals surface area contributed by atoms with Crippen LogP contribution >= 0.6 is 0 Å². The zero-order valence-electron chi connectivity index (χ0n) is 8.25. The van der Waals surface area contributed by atoms with Crippen molar-refractivity contribution in [2.75, 3.05) is 0 Å². The van der Waals surface area contributed by atoms with Gasteiger partial charge in [-0.05, 0) is 0 Å². The maximum atomic E-state index is 9.04. The number of hydrogen-bond acceptors (Lipinski definition) is 7. The van der Waals surface area contributed by atoms with Crippen LogP contribution in [0.1, 0.15) is 0 Å². The summed E-state index contributed by atoms with van der Waals surface area (Å²) in [5.41, 5.74) is 0. The van der Waals surface area contributed by atoms with Crippen LogP contribution in [0.3, 0.4) is 0 Å². The molecule has 0 rings (SSSR count). The first-order valence-electron chi connectivity index (χ1n) is 2.38. The number of aliphatic carboxylic acids is 4. The standard InChI is InChI=1S/2C2H2O4.2K.O.Ti/c2*3-1(4)2(5)6;;;;/h2*(H,3,4)(H,5,6);;;;/q;;2*+1;;/p-2. The van der Waals surface area contributed by atoms with Gasteiger partial charge >= 0.3 is 138 Å². The van der Waals surface area contributed by atoms with Crippen LogP contribution in [0.2, 0.25) is 0 Å². The van der Waals surface area contributed by atoms with Gasteiger partial charge in [0.2, 0.25) is 0 Å². The van der Waals surface area contributed by atoms with Crippen molar-refractivity contribution in [3.63, 3.8) is 0 Å². The van der Waals surface area contributed by atoms with E-state index in [4.69, 9.17) is 42.9 Å². The molecule has 0 bridgehead atoms. The fraction of sp³-hybridized carbons (Fsp3) is 0. The summed E-state index contributed by atoms with van der Waals surface area (Å²) in [5.74, 6) is -8.02. The van der Waals surface area contributed by atoms with E-state index in [0.717, 1.165) is 20.4 Å². The van der Waals surface area contributed by atoms with Crippen molar-refractivity contribution in [2.24, 2.45) is 0 Å². The molecule has 0 fully saturated rings. The van der Waals surface area contributed by atoms with E-state index in [1.54, 1.807) is 0 Å². The predicted octanol–water partition coefficient (Wildman–Crippen LogP) is -10.5. The molecule has 12 heteroatoms. The van der Waals surface area contributed by atoms with Crippen LogP contribution in [-0.2, 0) is 42.9 Å². The summed E-state index contributed by atoms with van der Waals surface area (Å²) in [5, 5.41) is 32.6. The average Bonchev–Trinajstić information content (AvgIpc) is 2.08. The van der Waals surface area contributed by atoms with E-state index in [-0.39, 0.29) is 103 Å². The second-order valence-electron chi connectivity index (χ2n) is 1.19. The monoisotopic (exact) mass is 320 g/mol. The molecule has 0 heterocycles. The van der Waals surface area contributed by atoms with Crippen LogP contribution in [0.5, 0.6) is 0 Å². The number of carbonyl (C=O) groups excluding carboxylic acids is 2. The van der Waals surface area contributed by atoms with Gasteiger partial charge in [-0.2, -0.15) is 0 Å². The number of rotatable bonds is 0. The first kappa shape index (κ1) is 30.6. The Labute approximate surface area is 186 Å². The molecule has 0 aliphatic carbocycles. The van der Waals surface area contributed by atoms with Crippen LogP contribution in [0.15, 0.2) is 0 Å². The zero-order valence-corrected chi connectivity index (χ0v) is 16.1. The molecule has 0 atom stereocenters. The van der Waals surface area contributed by atoms with Gasteiger partial charge in [0, 0.05) is 0 Å². The molecule has 0 spiro atoms. The second kappa shape index (κ2) is 21.9. The molecule has 0 aromatic heterocycles. The second-order valence-corrected chi connectivity index (χ2v) is 1.19. The first-order chi connectivity index (χ1) is 6.29. The molecule has 0 amide bonds. The Morgan fingerprint density at radius 3 is 0.812 bits per heavy atom. The summed E-state index contributed by atoms with van der Waals surface area (Å²) in [6, 6.07) is 0. The normalized spacial score (nSPS) is 5.69. The zero-order chi connectivity index (χ0) is 12.3. The molecule has 0 radical (unpaired) electrons. The maximum absolute atomic E-state index is 9.04. The third-order valence-corrected chi connectivity index (χ3v) is 0.349. The van der Waals surface area contributed by atoms with E-state index in [0.29, 0.717) is 0 Å². The Bertz CT molecular complexity index is 194. The van der Waals surface area contributed by atoms with Gasteiger partial charge in [-0.25, -0.2) is 9.59 Å². The van der Waals surface area contributed by atoms with Crippen molar-refractivity contribution in [3.8, 4) is 0 Å². The number of carboxylic acids is 4. The van der Waals surface area contributed by atoms with Crippen LogP contribution in [0.25, 0.3) is 0 Å². The molecule has 0 aromatic rings. The molecule has 0 aliphatic heterocycles. The van der Waals surface area contributed by atoms with Crippen LogP contribution in [0.4, 0.5) is 0 Å². The Morgan fingerprint density at radius 1 is 0.750 bits per heavy atom. The summed E-state index contributed by atoms with van der Waals surface area (Å²) in [6.45, 7) is 0. The van der Waals surface area contributed by atoms with E-state index >= 15 is 0 Å². The van der Waals surface area contributed by atoms with Crippen LogP contribution < -0.4 is 113 Å². The third-order valence-electron chi connectivity index (χ3n) is 0.349. The molecule has 0 unspecified atom stereocenters. The van der Waals surface area contributed by atoms with Gasteiger partial charge in [-0.15, -0.1) is 0 Å². The van der Waals surface area contributed by atoms with E-state index in [1.165, 1.54) is 0 Å². The quantitative estimate of drug-likeness (QED) is 0.324. The number of carbonyl (C=O) groups is 4. The fourth-order valence-corrected chi connectivity index (χ4v) is 0. The summed E-state index contributed by atoms with van der Waals surface area (Å²) in [7, 11) is 0. The van der Waals surface area contributed by atoms with Crippen molar-refractivity contribution < 1.29 is 166 Å². The van der Waals surface area contributed by atoms with Gasteiger partial charge in [-0.3, -0.25) is 0 Å². The molecule has 0 aliphatic rings. The van der Waals surface area contributed by atoms with Crippen molar-refractivity contribution in [3.05, 3.63) is 0 Å². The Kier molecular flexibility index (Phi) is 41.9. The number of hydrogen-bond donors (Lipinski definition) is 2. The van der Waals surface area contributed by atoms with E-state index < -0.39 is 23.9 Å². The third kappa shape index (κ3) is 36.1. The van der Waals surface area contributed by atoms with Gasteiger partial charge in [0.1, 0.15) is 0 Å². The molecule has 16 heavy (non-hydrogen) atoms. The van der Waals surface area contributed by atoms with Crippen molar-refractivity contribution in [1.82, 2.24) is 0 Å². The summed E-state index contributed by atoms with van der Waals surface area (Å²) < 4.78 is 8.25. The Morgan fingerprint density at radius 2 is 0.812 bits per heavy atom. The van der Waals surface area contributed by atoms with E-state index in [1.807, 2.05) is 0 Å². The minimum atomic E-state index is -2.07. The first-order valence-corrected chi connectivity index (χ1v) is 3.01. The molecule has 2 N–H and O–H groups in total. The number of carboxylic acid groups (broad SMARTS) is 4. The fourth-order valence-electron chi connectivity index (χ4n) is 0. The van der Waals surface area contributed by atoms with Crippen molar-refractivity contribution in [1.29, 1.82) is 0 Å². The van der Waals surface area contributed by atoms with E-state index in [9.17, 15) is 0 Å². The van der Waals surface area contributed by atoms with Gasteiger partial charge in [0.05, 0.1) is 0 Å². The molecular formula is C4H2K2O9Ti. The van der Waals surface area contributed by atoms with Crippen LogP contribution in [-0.4, -0.2) is 34.1 Å². The summed E-state index contributed by atoms with van der Waals surface area (Å²) >= 11 is 0.750. The topological polar surface area (TPSA) is 172 Å². The molecule has 0 saturated heterocycles. The SMILES string of the molecule is O=C([O-])C(=O)O.O=C([O-])C(=O)O.[K+].[K+].[O]=[Ti]. The van der Waals surface area contributed by atoms with E-state index in [2.05, 4.69) is 0 Å². The Hall–Kier alpha value is 1.67. The summed E-state index contributed by atoms with van der Waals surface area (Å²) in [4.78, 5) is 36.1. The van der Waals surface area contributed by atoms with Gasteiger partial charge < -0.3 is 30.0 Å². The van der Waals surface area contributed by atoms with Crippen molar-refractivity contribution >= 4 is 23.9 Å². The predicted molar refractivity (Wildman–Crippen MR) is 26.0 cm³/mol. The summed E-state index contributed by atoms with van der Waals surface area (Å²) in [6.07, 6.45) is 0. The minimum absolute atomic E-state index is 0. The van der Waals surface area contributed by atoms with Gasteiger partial charge in [-0.1, -0.05) is 0 Å². The molecule has 78 valence electrons. The van der Waals surface area contributed by atoms with Crippen LogP contribution in [0, 0.1) is 0 Å². The molecule has 0 aromatic carbocycles. The van der Waals surface area contributed by atoms with Crippen molar-refractivity contribution in [2.45, 2.75) is 0 Å².